The van der Waals surface area contributed by atoms with E-state index >= 15 is 0 Å². The second-order valence-corrected chi connectivity index (χ2v) is 3.64. The molecule has 0 aliphatic carbocycles. The molecular weight excluding hydrogens is 258 g/mol. The van der Waals surface area contributed by atoms with Gasteiger partial charge in [0.25, 0.3) is 0 Å². The van der Waals surface area contributed by atoms with Crippen molar-refractivity contribution >= 4 is 28.0 Å². The molecule has 0 spiro atoms. The quantitative estimate of drug-likeness (QED) is 0.623. The van der Waals surface area contributed by atoms with Crippen LogP contribution >= 0.6 is 15.9 Å². The second-order valence-electron chi connectivity index (χ2n) is 2.85. The number of alkyl halides is 1. The van der Waals surface area contributed by atoms with Gasteiger partial charge in [-0.3, -0.25) is 0 Å². The number of halogens is 1. The van der Waals surface area contributed by atoms with Crippen LogP contribution in [0, 0.1) is 0 Å². The first kappa shape index (κ1) is 11.9. The molecular formula is C11H12BrNO2. The Balaban J connectivity index is 2.68. The van der Waals surface area contributed by atoms with Gasteiger partial charge in [0, 0.05) is 11.5 Å². The molecule has 0 aliphatic rings. The molecule has 0 bridgehead atoms. The fourth-order valence-corrected chi connectivity index (χ4v) is 1.28. The summed E-state index contributed by atoms with van der Waals surface area (Å²) in [4.78, 5) is 15.1. The zero-order chi connectivity index (χ0) is 11.1. The zero-order valence-electron chi connectivity index (χ0n) is 8.44. The summed E-state index contributed by atoms with van der Waals surface area (Å²) in [5, 5.41) is 0.942. The maximum Gasteiger partial charge on any atom is 0.356 e. The van der Waals surface area contributed by atoms with E-state index in [1.165, 1.54) is 7.11 Å². The number of carbonyl (C=O) groups is 1. The number of carbonyl (C=O) groups excluding carboxylic acids is 1. The van der Waals surface area contributed by atoms with Gasteiger partial charge < -0.3 is 4.74 Å². The summed E-state index contributed by atoms with van der Waals surface area (Å²) in [5.41, 5.74) is 1.30. The van der Waals surface area contributed by atoms with E-state index in [-0.39, 0.29) is 0 Å². The van der Waals surface area contributed by atoms with E-state index in [0.717, 1.165) is 17.3 Å². The minimum Gasteiger partial charge on any atom is -0.464 e. The van der Waals surface area contributed by atoms with Crippen LogP contribution in [0.2, 0.25) is 0 Å². The zero-order valence-corrected chi connectivity index (χ0v) is 10.0. The monoisotopic (exact) mass is 269 g/mol. The van der Waals surface area contributed by atoms with Gasteiger partial charge in [-0.1, -0.05) is 34.1 Å². The lowest BCUT2D eigenvalue weighted by Gasteiger charge is -1.98. The van der Waals surface area contributed by atoms with Crippen molar-refractivity contribution in [2.24, 2.45) is 0 Å². The third kappa shape index (κ3) is 3.83. The van der Waals surface area contributed by atoms with Crippen LogP contribution in [0.1, 0.15) is 22.5 Å². The van der Waals surface area contributed by atoms with Crippen molar-refractivity contribution in [3.05, 3.63) is 35.7 Å². The van der Waals surface area contributed by atoms with Crippen LogP contribution in [0.4, 0.5) is 0 Å². The average molecular weight is 270 g/mol. The Bertz CT molecular complexity index is 346. The van der Waals surface area contributed by atoms with E-state index < -0.39 is 5.97 Å². The lowest BCUT2D eigenvalue weighted by atomic mass is 10.2. The Morgan fingerprint density at radius 2 is 2.40 bits per heavy atom. The van der Waals surface area contributed by atoms with Crippen LogP contribution < -0.4 is 0 Å². The van der Waals surface area contributed by atoms with E-state index in [2.05, 4.69) is 25.7 Å². The molecule has 0 unspecified atom stereocenters. The third-order valence-corrected chi connectivity index (χ3v) is 2.22. The molecule has 80 valence electrons. The second kappa shape index (κ2) is 6.35. The van der Waals surface area contributed by atoms with Crippen LogP contribution in [-0.2, 0) is 4.74 Å². The van der Waals surface area contributed by atoms with Crippen molar-refractivity contribution in [3.63, 3.8) is 0 Å². The van der Waals surface area contributed by atoms with Crippen molar-refractivity contribution in [2.45, 2.75) is 6.42 Å². The van der Waals surface area contributed by atoms with Crippen molar-refractivity contribution in [1.82, 2.24) is 4.98 Å². The van der Waals surface area contributed by atoms with Gasteiger partial charge in [0.15, 0.2) is 0 Å². The fourth-order valence-electron chi connectivity index (χ4n) is 1.01. The SMILES string of the molecule is COC(=O)c1ccc(C=CCCBr)cn1. The summed E-state index contributed by atoms with van der Waals surface area (Å²) >= 11 is 3.33. The molecule has 1 rings (SSSR count). The van der Waals surface area contributed by atoms with E-state index in [4.69, 9.17) is 0 Å². The molecule has 0 N–H and O–H groups in total. The Kier molecular flexibility index (Phi) is 5.04. The maximum atomic E-state index is 11.1. The minimum atomic E-state index is -0.411. The van der Waals surface area contributed by atoms with Crippen molar-refractivity contribution in [3.8, 4) is 0 Å². The molecule has 0 radical (unpaired) electrons. The van der Waals surface area contributed by atoms with Crippen molar-refractivity contribution < 1.29 is 9.53 Å². The van der Waals surface area contributed by atoms with Crippen molar-refractivity contribution in [1.29, 1.82) is 0 Å². The van der Waals surface area contributed by atoms with Crippen LogP contribution in [0.5, 0.6) is 0 Å². The lowest BCUT2D eigenvalue weighted by Crippen LogP contribution is -2.03. The Hall–Kier alpha value is -1.16. The maximum absolute atomic E-state index is 11.1. The van der Waals surface area contributed by atoms with Gasteiger partial charge in [-0.25, -0.2) is 9.78 Å². The average Bonchev–Trinajstić information content (AvgIpc) is 2.29. The number of rotatable bonds is 4. The summed E-state index contributed by atoms with van der Waals surface area (Å²) < 4.78 is 4.55. The molecule has 15 heavy (non-hydrogen) atoms. The number of methoxy groups -OCH3 is 1. The number of ether oxygens (including phenoxy) is 1. The number of hydrogen-bond acceptors (Lipinski definition) is 3. The highest BCUT2D eigenvalue weighted by Crippen LogP contribution is 2.04. The molecule has 0 atom stereocenters. The molecule has 3 nitrogen and oxygen atoms in total. The molecule has 0 fully saturated rings. The highest BCUT2D eigenvalue weighted by Gasteiger charge is 2.04. The normalized spacial score (nSPS) is 10.5. The molecule has 0 aliphatic heterocycles. The predicted octanol–water partition coefficient (Wildman–Crippen LogP) is 2.67. The molecule has 0 saturated carbocycles. The van der Waals surface area contributed by atoms with Gasteiger partial charge in [-0.15, -0.1) is 0 Å². The van der Waals surface area contributed by atoms with Crippen LogP contribution in [0.15, 0.2) is 24.4 Å². The topological polar surface area (TPSA) is 39.2 Å². The Morgan fingerprint density at radius 3 is 2.93 bits per heavy atom. The molecule has 4 heteroatoms. The standard InChI is InChI=1S/C11H12BrNO2/c1-15-11(14)10-6-5-9(8-13-10)4-2-3-7-12/h2,4-6,8H,3,7H2,1H3. The van der Waals surface area contributed by atoms with Gasteiger partial charge in [0.05, 0.1) is 7.11 Å². The van der Waals surface area contributed by atoms with Gasteiger partial charge in [-0.2, -0.15) is 0 Å². The summed E-state index contributed by atoms with van der Waals surface area (Å²) in [6, 6.07) is 3.49. The molecule has 0 saturated heterocycles. The largest absolute Gasteiger partial charge is 0.464 e. The smallest absolute Gasteiger partial charge is 0.356 e. The summed E-state index contributed by atoms with van der Waals surface area (Å²) in [7, 11) is 1.34. The van der Waals surface area contributed by atoms with Crippen LogP contribution in [0.3, 0.4) is 0 Å². The summed E-state index contributed by atoms with van der Waals surface area (Å²) in [6.45, 7) is 0. The number of aromatic nitrogens is 1. The van der Waals surface area contributed by atoms with Crippen LogP contribution in [0.25, 0.3) is 6.08 Å². The minimum absolute atomic E-state index is 0.329. The molecule has 1 aromatic heterocycles. The van der Waals surface area contributed by atoms with Gasteiger partial charge in [0.1, 0.15) is 5.69 Å². The molecule has 0 aromatic carbocycles. The fraction of sp³-hybridized carbons (Fsp3) is 0.273. The first-order valence-electron chi connectivity index (χ1n) is 4.55. The summed E-state index contributed by atoms with van der Waals surface area (Å²) in [5.74, 6) is -0.411. The summed E-state index contributed by atoms with van der Waals surface area (Å²) in [6.07, 6.45) is 6.63. The van der Waals surface area contributed by atoms with E-state index in [1.54, 1.807) is 12.3 Å². The van der Waals surface area contributed by atoms with E-state index in [9.17, 15) is 4.79 Å². The van der Waals surface area contributed by atoms with Gasteiger partial charge in [-0.05, 0) is 18.1 Å². The van der Waals surface area contributed by atoms with Crippen molar-refractivity contribution in [2.75, 3.05) is 12.4 Å². The van der Waals surface area contributed by atoms with Crippen LogP contribution in [-0.4, -0.2) is 23.4 Å². The number of hydrogen-bond donors (Lipinski definition) is 0. The first-order chi connectivity index (χ1) is 7.27. The number of nitrogens with zero attached hydrogens (tertiary/aromatic N) is 1. The number of esters is 1. The number of allylic oxidation sites excluding steroid dienone is 1. The Morgan fingerprint density at radius 1 is 1.60 bits per heavy atom. The lowest BCUT2D eigenvalue weighted by molar-refractivity contribution is 0.0594. The number of pyridine rings is 1. The first-order valence-corrected chi connectivity index (χ1v) is 5.67. The molecule has 1 heterocycles. The molecule has 0 amide bonds. The Labute approximate surface area is 97.3 Å². The highest BCUT2D eigenvalue weighted by molar-refractivity contribution is 9.09. The predicted molar refractivity (Wildman–Crippen MR) is 63.0 cm³/mol. The highest BCUT2D eigenvalue weighted by atomic mass is 79.9. The molecule has 1 aromatic rings. The van der Waals surface area contributed by atoms with Gasteiger partial charge in [0.2, 0.25) is 0 Å². The van der Waals surface area contributed by atoms with Gasteiger partial charge >= 0.3 is 5.97 Å². The van der Waals surface area contributed by atoms with E-state index in [1.807, 2.05) is 18.2 Å². The van der Waals surface area contributed by atoms with E-state index in [0.29, 0.717) is 5.69 Å². The third-order valence-electron chi connectivity index (χ3n) is 1.77.